The molecule has 0 saturated heterocycles. The third-order valence-electron chi connectivity index (χ3n) is 3.44. The molecule has 0 amide bonds. The van der Waals surface area contributed by atoms with Crippen LogP contribution in [-0.4, -0.2) is 26.4 Å². The van der Waals surface area contributed by atoms with Crippen molar-refractivity contribution in [2.24, 2.45) is 0 Å². The summed E-state index contributed by atoms with van der Waals surface area (Å²) in [5, 5.41) is 9.98. The van der Waals surface area contributed by atoms with E-state index in [0.29, 0.717) is 17.2 Å². The fourth-order valence-corrected chi connectivity index (χ4v) is 2.32. The summed E-state index contributed by atoms with van der Waals surface area (Å²) in [6, 6.07) is 11.0. The van der Waals surface area contributed by atoms with Crippen LogP contribution in [0.3, 0.4) is 0 Å². The van der Waals surface area contributed by atoms with Crippen molar-refractivity contribution in [3.8, 4) is 23.0 Å². The number of allylic oxidation sites excluding steroid dienone is 1. The first-order valence-electron chi connectivity index (χ1n) is 6.90. The zero-order chi connectivity index (χ0) is 16.1. The Bertz CT molecular complexity index is 667. The molecule has 2 aromatic rings. The van der Waals surface area contributed by atoms with Crippen LogP contribution in [0.1, 0.15) is 18.1 Å². The summed E-state index contributed by atoms with van der Waals surface area (Å²) >= 11 is 0. The van der Waals surface area contributed by atoms with Crippen molar-refractivity contribution < 1.29 is 19.3 Å². The lowest BCUT2D eigenvalue weighted by Gasteiger charge is -2.13. The van der Waals surface area contributed by atoms with Gasteiger partial charge in [0.25, 0.3) is 0 Å². The van der Waals surface area contributed by atoms with Gasteiger partial charge < -0.3 is 19.3 Å². The number of hydrogen-bond acceptors (Lipinski definition) is 4. The minimum absolute atomic E-state index is 0.106. The van der Waals surface area contributed by atoms with Crippen molar-refractivity contribution in [3.05, 3.63) is 53.6 Å². The smallest absolute Gasteiger partial charge is 0.160 e. The van der Waals surface area contributed by atoms with E-state index in [4.69, 9.17) is 14.2 Å². The molecular weight excluding hydrogens is 280 g/mol. The molecule has 0 heterocycles. The van der Waals surface area contributed by atoms with E-state index in [2.05, 4.69) is 0 Å². The maximum absolute atomic E-state index is 9.98. The number of benzene rings is 2. The van der Waals surface area contributed by atoms with Gasteiger partial charge in [-0.05, 0) is 47.9 Å². The van der Waals surface area contributed by atoms with Gasteiger partial charge >= 0.3 is 0 Å². The van der Waals surface area contributed by atoms with Crippen LogP contribution in [0.4, 0.5) is 0 Å². The molecule has 2 rings (SSSR count). The Morgan fingerprint density at radius 3 is 1.95 bits per heavy atom. The normalized spacial score (nSPS) is 11.2. The second kappa shape index (κ2) is 6.89. The van der Waals surface area contributed by atoms with Crippen LogP contribution in [0.15, 0.2) is 42.5 Å². The lowest BCUT2D eigenvalue weighted by Crippen LogP contribution is -1.93. The van der Waals surface area contributed by atoms with Crippen molar-refractivity contribution in [1.82, 2.24) is 0 Å². The molecule has 4 heteroatoms. The Morgan fingerprint density at radius 2 is 1.50 bits per heavy atom. The molecule has 4 nitrogen and oxygen atoms in total. The minimum atomic E-state index is 0.106. The monoisotopic (exact) mass is 300 g/mol. The molecule has 0 aliphatic rings. The van der Waals surface area contributed by atoms with Gasteiger partial charge in [-0.15, -0.1) is 0 Å². The molecule has 2 aromatic carbocycles. The van der Waals surface area contributed by atoms with E-state index in [1.165, 1.54) is 7.11 Å². The predicted molar refractivity (Wildman–Crippen MR) is 87.0 cm³/mol. The van der Waals surface area contributed by atoms with Crippen LogP contribution in [0.5, 0.6) is 23.0 Å². The van der Waals surface area contributed by atoms with E-state index < -0.39 is 0 Å². The van der Waals surface area contributed by atoms with E-state index in [1.54, 1.807) is 26.4 Å². The lowest BCUT2D eigenvalue weighted by molar-refractivity contribution is 0.373. The number of aromatic hydroxyl groups is 1. The first-order valence-corrected chi connectivity index (χ1v) is 6.90. The van der Waals surface area contributed by atoms with Crippen LogP contribution < -0.4 is 14.2 Å². The van der Waals surface area contributed by atoms with Crippen LogP contribution in [0, 0.1) is 0 Å². The molecule has 0 spiro atoms. The first-order chi connectivity index (χ1) is 10.6. The Hall–Kier alpha value is -2.62. The molecule has 1 N–H and O–H groups in total. The average Bonchev–Trinajstić information content (AvgIpc) is 2.55. The highest BCUT2D eigenvalue weighted by Gasteiger charge is 2.11. The number of hydrogen-bond donors (Lipinski definition) is 1. The summed E-state index contributed by atoms with van der Waals surface area (Å²) in [5.41, 5.74) is 2.80. The van der Waals surface area contributed by atoms with Crippen molar-refractivity contribution in [1.29, 1.82) is 0 Å². The summed E-state index contributed by atoms with van der Waals surface area (Å²) in [5.74, 6) is 1.98. The lowest BCUT2D eigenvalue weighted by atomic mass is 9.97. The molecular formula is C18H20O4. The zero-order valence-electron chi connectivity index (χ0n) is 13.2. The van der Waals surface area contributed by atoms with Gasteiger partial charge in [-0.2, -0.15) is 0 Å². The fourth-order valence-electron chi connectivity index (χ4n) is 2.32. The van der Waals surface area contributed by atoms with Gasteiger partial charge in [0.05, 0.1) is 21.3 Å². The topological polar surface area (TPSA) is 47.9 Å². The second-order valence-corrected chi connectivity index (χ2v) is 4.69. The third kappa shape index (κ3) is 3.17. The second-order valence-electron chi connectivity index (χ2n) is 4.69. The maximum Gasteiger partial charge on any atom is 0.160 e. The Labute approximate surface area is 130 Å². The molecule has 116 valence electrons. The third-order valence-corrected chi connectivity index (χ3v) is 3.44. The van der Waals surface area contributed by atoms with Gasteiger partial charge in [-0.1, -0.05) is 12.1 Å². The number of phenols is 1. The van der Waals surface area contributed by atoms with Gasteiger partial charge in [0.1, 0.15) is 11.5 Å². The largest absolute Gasteiger partial charge is 0.504 e. The summed E-state index contributed by atoms with van der Waals surface area (Å²) in [4.78, 5) is 0. The van der Waals surface area contributed by atoms with E-state index in [1.807, 2.05) is 37.3 Å². The van der Waals surface area contributed by atoms with E-state index >= 15 is 0 Å². The van der Waals surface area contributed by atoms with Gasteiger partial charge in [-0.25, -0.2) is 0 Å². The molecule has 0 radical (unpaired) electrons. The highest BCUT2D eigenvalue weighted by Crippen LogP contribution is 2.34. The van der Waals surface area contributed by atoms with Crippen LogP contribution in [0.25, 0.3) is 5.57 Å². The van der Waals surface area contributed by atoms with Gasteiger partial charge in [0.2, 0.25) is 0 Å². The number of ether oxygens (including phenoxy) is 3. The Morgan fingerprint density at radius 1 is 0.864 bits per heavy atom. The highest BCUT2D eigenvalue weighted by atomic mass is 16.5. The summed E-state index contributed by atoms with van der Waals surface area (Å²) in [6.45, 7) is 1.95. The molecule has 0 aromatic heterocycles. The summed E-state index contributed by atoms with van der Waals surface area (Å²) < 4.78 is 15.7. The predicted octanol–water partition coefficient (Wildman–Crippen LogP) is 3.87. The molecule has 0 atom stereocenters. The number of phenolic OH excluding ortho intramolecular Hbond substituents is 1. The Kier molecular flexibility index (Phi) is 4.94. The average molecular weight is 300 g/mol. The summed E-state index contributed by atoms with van der Waals surface area (Å²) in [6.07, 6.45) is 1.98. The molecule has 0 fully saturated rings. The molecule has 0 aliphatic heterocycles. The van der Waals surface area contributed by atoms with Crippen molar-refractivity contribution >= 4 is 5.57 Å². The summed E-state index contributed by atoms with van der Waals surface area (Å²) in [7, 11) is 4.76. The quantitative estimate of drug-likeness (QED) is 0.910. The minimum Gasteiger partial charge on any atom is -0.504 e. The van der Waals surface area contributed by atoms with E-state index in [9.17, 15) is 5.11 Å². The molecule has 0 unspecified atom stereocenters. The molecule has 0 aliphatic carbocycles. The van der Waals surface area contributed by atoms with Crippen molar-refractivity contribution in [2.75, 3.05) is 21.3 Å². The van der Waals surface area contributed by atoms with E-state index in [-0.39, 0.29) is 5.75 Å². The van der Waals surface area contributed by atoms with Crippen LogP contribution in [-0.2, 0) is 0 Å². The van der Waals surface area contributed by atoms with Crippen LogP contribution in [0.2, 0.25) is 0 Å². The SMILES string of the molecule is C/C=C(\c1cc(OC)cc(OC)c1)c1ccc(OC)c(O)c1. The maximum atomic E-state index is 9.98. The molecule has 0 saturated carbocycles. The van der Waals surface area contributed by atoms with Crippen molar-refractivity contribution in [2.45, 2.75) is 6.92 Å². The fraction of sp³-hybridized carbons (Fsp3) is 0.222. The molecule has 0 bridgehead atoms. The zero-order valence-corrected chi connectivity index (χ0v) is 13.2. The number of rotatable bonds is 5. The standard InChI is InChI=1S/C18H20O4/c1-5-16(12-6-7-18(22-4)17(19)10-12)13-8-14(20-2)11-15(9-13)21-3/h5-11,19H,1-4H3/b16-5-. The molecule has 22 heavy (non-hydrogen) atoms. The van der Waals surface area contributed by atoms with Crippen LogP contribution >= 0.6 is 0 Å². The highest BCUT2D eigenvalue weighted by molar-refractivity contribution is 5.81. The van der Waals surface area contributed by atoms with Gasteiger partial charge in [0, 0.05) is 6.07 Å². The number of methoxy groups -OCH3 is 3. The van der Waals surface area contributed by atoms with Gasteiger partial charge in [0.15, 0.2) is 11.5 Å². The van der Waals surface area contributed by atoms with E-state index in [0.717, 1.165) is 16.7 Å². The van der Waals surface area contributed by atoms with Crippen molar-refractivity contribution in [3.63, 3.8) is 0 Å². The van der Waals surface area contributed by atoms with Gasteiger partial charge in [-0.3, -0.25) is 0 Å². The Balaban J connectivity index is 2.51. The first kappa shape index (κ1) is 15.8.